The second-order valence-corrected chi connectivity index (χ2v) is 8.26. The van der Waals surface area contributed by atoms with Crippen molar-refractivity contribution in [3.05, 3.63) is 84.2 Å². The molecule has 1 atom stereocenters. The van der Waals surface area contributed by atoms with E-state index in [9.17, 15) is 19.2 Å². The molecule has 1 N–H and O–H groups in total. The summed E-state index contributed by atoms with van der Waals surface area (Å²) in [4.78, 5) is 58.7. The minimum atomic E-state index is -0.830. The highest BCUT2D eigenvalue weighted by Crippen LogP contribution is 2.28. The van der Waals surface area contributed by atoms with Crippen LogP contribution in [0, 0.1) is 0 Å². The summed E-state index contributed by atoms with van der Waals surface area (Å²) in [5, 5.41) is 2.85. The fourth-order valence-corrected chi connectivity index (χ4v) is 4.14. The van der Waals surface area contributed by atoms with Gasteiger partial charge < -0.3 is 15.0 Å². The van der Waals surface area contributed by atoms with Gasteiger partial charge in [-0.15, -0.1) is 0 Å². The average Bonchev–Trinajstić information content (AvgIpc) is 3.14. The highest BCUT2D eigenvalue weighted by molar-refractivity contribution is 6.52. The molecule has 3 aromatic rings. The Bertz CT molecular complexity index is 1280. The van der Waals surface area contributed by atoms with Crippen molar-refractivity contribution in [3.63, 3.8) is 0 Å². The second-order valence-electron chi connectivity index (χ2n) is 8.26. The van der Waals surface area contributed by atoms with Crippen LogP contribution in [-0.2, 0) is 20.9 Å². The molecule has 2 aromatic carbocycles. The van der Waals surface area contributed by atoms with Gasteiger partial charge in [0.15, 0.2) is 0 Å². The number of aromatic nitrogens is 1. The van der Waals surface area contributed by atoms with Gasteiger partial charge in [0, 0.05) is 24.6 Å². The summed E-state index contributed by atoms with van der Waals surface area (Å²) >= 11 is 0. The fourth-order valence-electron chi connectivity index (χ4n) is 4.14. The first-order chi connectivity index (χ1) is 17.4. The molecule has 36 heavy (non-hydrogen) atoms. The number of hydrogen-bond donors (Lipinski definition) is 1. The number of benzene rings is 2. The van der Waals surface area contributed by atoms with Gasteiger partial charge in [0.05, 0.1) is 18.4 Å². The van der Waals surface area contributed by atoms with Gasteiger partial charge in [0.25, 0.3) is 11.7 Å². The molecule has 3 amide bonds. The molecule has 0 aliphatic carbocycles. The van der Waals surface area contributed by atoms with Gasteiger partial charge in [0.1, 0.15) is 18.3 Å². The first kappa shape index (κ1) is 24.6. The summed E-state index contributed by atoms with van der Waals surface area (Å²) in [7, 11) is 1.56. The molecule has 0 saturated heterocycles. The predicted molar refractivity (Wildman–Crippen MR) is 134 cm³/mol. The summed E-state index contributed by atoms with van der Waals surface area (Å²) in [5.41, 5.74) is 1.93. The van der Waals surface area contributed by atoms with Crippen LogP contribution in [0.15, 0.2) is 73.1 Å². The lowest BCUT2D eigenvalue weighted by Gasteiger charge is -2.32. The standard InChI is InChI=1S/C27H26N4O5/c1-3-22(26(34)29-19-10-12-20(36-2)13-11-19)30(16-18-7-6-14-28-15-18)24(32)17-31-23-9-5-4-8-21(23)25(33)27(31)35/h4-15,22H,3,16-17H2,1-2H3,(H,29,34). The Morgan fingerprint density at radius 3 is 2.47 bits per heavy atom. The lowest BCUT2D eigenvalue weighted by Crippen LogP contribution is -2.50. The number of para-hydroxylation sites is 1. The molecular formula is C27H26N4O5. The van der Waals surface area contributed by atoms with Crippen LogP contribution in [-0.4, -0.2) is 53.1 Å². The van der Waals surface area contributed by atoms with E-state index in [0.29, 0.717) is 23.5 Å². The minimum absolute atomic E-state index is 0.110. The number of fused-ring (bicyclic) bond motifs is 1. The van der Waals surface area contributed by atoms with E-state index in [1.807, 2.05) is 6.92 Å². The molecular weight excluding hydrogens is 460 g/mol. The van der Waals surface area contributed by atoms with Crippen molar-refractivity contribution >= 4 is 34.9 Å². The van der Waals surface area contributed by atoms with Crippen LogP contribution >= 0.6 is 0 Å². The quantitative estimate of drug-likeness (QED) is 0.466. The second kappa shape index (κ2) is 10.8. The molecule has 9 heteroatoms. The molecule has 184 valence electrons. The predicted octanol–water partition coefficient (Wildman–Crippen LogP) is 3.07. The molecule has 0 radical (unpaired) electrons. The Labute approximate surface area is 208 Å². The van der Waals surface area contributed by atoms with Gasteiger partial charge in [-0.3, -0.25) is 29.1 Å². The van der Waals surface area contributed by atoms with Gasteiger partial charge in [-0.05, 0) is 54.4 Å². The van der Waals surface area contributed by atoms with Crippen molar-refractivity contribution in [2.75, 3.05) is 23.9 Å². The molecule has 9 nitrogen and oxygen atoms in total. The first-order valence-electron chi connectivity index (χ1n) is 11.5. The van der Waals surface area contributed by atoms with E-state index in [1.165, 1.54) is 9.80 Å². The maximum atomic E-state index is 13.6. The zero-order valence-corrected chi connectivity index (χ0v) is 20.0. The number of Topliss-reactive ketones (excluding diaryl/α,β-unsaturated/α-hetero) is 1. The summed E-state index contributed by atoms with van der Waals surface area (Å²) < 4.78 is 5.16. The largest absolute Gasteiger partial charge is 0.497 e. The Morgan fingerprint density at radius 1 is 1.06 bits per heavy atom. The van der Waals surface area contributed by atoms with Crippen LogP contribution in [0.1, 0.15) is 29.3 Å². The number of ether oxygens (including phenoxy) is 1. The normalized spacial score (nSPS) is 13.2. The molecule has 4 rings (SSSR count). The van der Waals surface area contributed by atoms with Gasteiger partial charge in [0.2, 0.25) is 11.8 Å². The number of hydrogen-bond acceptors (Lipinski definition) is 6. The first-order valence-corrected chi connectivity index (χ1v) is 11.5. The van der Waals surface area contributed by atoms with Crippen molar-refractivity contribution in [3.8, 4) is 5.75 Å². The number of ketones is 1. The fraction of sp³-hybridized carbons (Fsp3) is 0.222. The van der Waals surface area contributed by atoms with E-state index in [0.717, 1.165) is 5.56 Å². The monoisotopic (exact) mass is 486 g/mol. The number of amides is 3. The van der Waals surface area contributed by atoms with E-state index in [2.05, 4.69) is 10.3 Å². The Morgan fingerprint density at radius 2 is 1.81 bits per heavy atom. The summed E-state index contributed by atoms with van der Waals surface area (Å²) in [6.45, 7) is 1.55. The molecule has 0 saturated carbocycles. The van der Waals surface area contributed by atoms with Crippen LogP contribution in [0.3, 0.4) is 0 Å². The Balaban J connectivity index is 1.59. The molecule has 0 spiro atoms. The van der Waals surface area contributed by atoms with Crippen molar-refractivity contribution < 1.29 is 23.9 Å². The smallest absolute Gasteiger partial charge is 0.299 e. The molecule has 1 aliphatic heterocycles. The third-order valence-electron chi connectivity index (χ3n) is 5.99. The van der Waals surface area contributed by atoms with Gasteiger partial charge in [-0.1, -0.05) is 25.1 Å². The van der Waals surface area contributed by atoms with Crippen molar-refractivity contribution in [2.45, 2.75) is 25.9 Å². The number of rotatable bonds is 9. The van der Waals surface area contributed by atoms with E-state index in [4.69, 9.17) is 4.74 Å². The van der Waals surface area contributed by atoms with Crippen LogP contribution in [0.4, 0.5) is 11.4 Å². The van der Waals surface area contributed by atoms with Gasteiger partial charge in [-0.2, -0.15) is 0 Å². The van der Waals surface area contributed by atoms with Crippen molar-refractivity contribution in [2.24, 2.45) is 0 Å². The SMILES string of the molecule is CCC(C(=O)Nc1ccc(OC)cc1)N(Cc1cccnc1)C(=O)CN1C(=O)C(=O)c2ccccc21. The minimum Gasteiger partial charge on any atom is -0.497 e. The Kier molecular flexibility index (Phi) is 7.39. The van der Waals surface area contributed by atoms with E-state index >= 15 is 0 Å². The van der Waals surface area contributed by atoms with Crippen LogP contribution < -0.4 is 15.0 Å². The van der Waals surface area contributed by atoms with Crippen LogP contribution in [0.5, 0.6) is 5.75 Å². The highest BCUT2D eigenvalue weighted by atomic mass is 16.5. The number of anilines is 2. The molecule has 1 unspecified atom stereocenters. The molecule has 0 bridgehead atoms. The van der Waals surface area contributed by atoms with Crippen molar-refractivity contribution in [1.29, 1.82) is 0 Å². The van der Waals surface area contributed by atoms with Crippen LogP contribution in [0.2, 0.25) is 0 Å². The number of pyridine rings is 1. The number of carbonyl (C=O) groups excluding carboxylic acids is 4. The molecule has 1 aliphatic rings. The lowest BCUT2D eigenvalue weighted by molar-refractivity contribution is -0.138. The maximum Gasteiger partial charge on any atom is 0.299 e. The van der Waals surface area contributed by atoms with Gasteiger partial charge >= 0.3 is 0 Å². The third kappa shape index (κ3) is 5.10. The highest BCUT2D eigenvalue weighted by Gasteiger charge is 2.38. The average molecular weight is 487 g/mol. The lowest BCUT2D eigenvalue weighted by atomic mass is 10.1. The number of nitrogens with zero attached hydrogens (tertiary/aromatic N) is 3. The summed E-state index contributed by atoms with van der Waals surface area (Å²) in [6.07, 6.45) is 3.57. The van der Waals surface area contributed by atoms with Crippen molar-refractivity contribution in [1.82, 2.24) is 9.88 Å². The van der Waals surface area contributed by atoms with E-state index in [-0.39, 0.29) is 24.6 Å². The number of nitrogens with one attached hydrogen (secondary N) is 1. The summed E-state index contributed by atoms with van der Waals surface area (Å²) in [5.74, 6) is -1.60. The number of carbonyl (C=O) groups is 4. The number of methoxy groups -OCH3 is 1. The zero-order valence-electron chi connectivity index (χ0n) is 20.0. The van der Waals surface area contributed by atoms with Crippen LogP contribution in [0.25, 0.3) is 0 Å². The Hall–Kier alpha value is -4.53. The van der Waals surface area contributed by atoms with Gasteiger partial charge in [-0.25, -0.2) is 0 Å². The molecule has 1 aromatic heterocycles. The topological polar surface area (TPSA) is 109 Å². The van der Waals surface area contributed by atoms with E-state index < -0.39 is 23.6 Å². The molecule has 2 heterocycles. The van der Waals surface area contributed by atoms with E-state index in [1.54, 1.807) is 80.2 Å². The maximum absolute atomic E-state index is 13.6. The summed E-state index contributed by atoms with van der Waals surface area (Å²) in [6, 6.07) is 16.2. The zero-order chi connectivity index (χ0) is 25.7. The third-order valence-corrected chi connectivity index (χ3v) is 5.99. The molecule has 0 fully saturated rings.